The van der Waals surface area contributed by atoms with Gasteiger partial charge in [0.15, 0.2) is 0 Å². The zero-order valence-corrected chi connectivity index (χ0v) is 12.5. The topological polar surface area (TPSA) is 70.4 Å². The average molecular weight is 347 g/mol. The molecule has 20 heavy (non-hydrogen) atoms. The highest BCUT2D eigenvalue weighted by molar-refractivity contribution is 9.10. The largest absolute Gasteiger partial charge is 0.378 e. The van der Waals surface area contributed by atoms with Crippen molar-refractivity contribution >= 4 is 27.3 Å². The number of nitrogens with one attached hydrogen (secondary N) is 2. The molecule has 0 unspecified atom stereocenters. The van der Waals surface area contributed by atoms with E-state index in [4.69, 9.17) is 0 Å². The molecule has 6 nitrogen and oxygen atoms in total. The lowest BCUT2D eigenvalue weighted by atomic mass is 10.2. The zero-order chi connectivity index (χ0) is 14.5. The van der Waals surface area contributed by atoms with E-state index in [9.17, 15) is 14.5 Å². The normalized spacial score (nSPS) is 16.1. The summed E-state index contributed by atoms with van der Waals surface area (Å²) in [5, 5.41) is 17.2. The number of rotatable bonds is 5. The maximum absolute atomic E-state index is 13.3. The Balaban J connectivity index is 1.97. The van der Waals surface area contributed by atoms with E-state index in [-0.39, 0.29) is 10.2 Å². The summed E-state index contributed by atoms with van der Waals surface area (Å²) >= 11 is 3.04. The first kappa shape index (κ1) is 15.1. The average Bonchev–Trinajstić information content (AvgIpc) is 2.43. The summed E-state index contributed by atoms with van der Waals surface area (Å²) in [7, 11) is 0. The van der Waals surface area contributed by atoms with Crippen molar-refractivity contribution in [3.63, 3.8) is 0 Å². The quantitative estimate of drug-likeness (QED) is 0.628. The van der Waals surface area contributed by atoms with Crippen LogP contribution in [0.3, 0.4) is 0 Å². The van der Waals surface area contributed by atoms with Gasteiger partial charge in [-0.25, -0.2) is 4.39 Å². The molecule has 1 heterocycles. The number of hydrogen-bond acceptors (Lipinski definition) is 5. The van der Waals surface area contributed by atoms with Crippen LogP contribution in [-0.4, -0.2) is 49.1 Å². The molecule has 0 amide bonds. The van der Waals surface area contributed by atoms with Crippen molar-refractivity contribution in [1.82, 2.24) is 10.2 Å². The fraction of sp³-hybridized carbons (Fsp3) is 0.500. The molecule has 0 radical (unpaired) electrons. The minimum atomic E-state index is -0.635. The number of piperazine rings is 1. The van der Waals surface area contributed by atoms with E-state index < -0.39 is 10.7 Å². The van der Waals surface area contributed by atoms with Gasteiger partial charge >= 0.3 is 0 Å². The summed E-state index contributed by atoms with van der Waals surface area (Å²) in [6.45, 7) is 5.24. The molecule has 2 N–H and O–H groups in total. The third kappa shape index (κ3) is 3.87. The third-order valence-corrected chi connectivity index (χ3v) is 3.80. The van der Waals surface area contributed by atoms with Crippen LogP contribution in [0.1, 0.15) is 0 Å². The fourth-order valence-electron chi connectivity index (χ4n) is 2.11. The van der Waals surface area contributed by atoms with Crippen molar-refractivity contribution in [2.75, 3.05) is 44.6 Å². The molecule has 1 saturated heterocycles. The second-order valence-electron chi connectivity index (χ2n) is 4.56. The Bertz CT molecular complexity index is 495. The second kappa shape index (κ2) is 6.96. The SMILES string of the molecule is O=[N+]([O-])c1cc(F)c(Br)cc1NCCN1CCNCC1. The van der Waals surface area contributed by atoms with Gasteiger partial charge in [-0.1, -0.05) is 0 Å². The first-order valence-electron chi connectivity index (χ1n) is 6.38. The highest BCUT2D eigenvalue weighted by Gasteiger charge is 2.17. The number of halogens is 2. The van der Waals surface area contributed by atoms with Crippen LogP contribution < -0.4 is 10.6 Å². The van der Waals surface area contributed by atoms with Crippen LogP contribution in [0, 0.1) is 15.9 Å². The van der Waals surface area contributed by atoms with Crippen molar-refractivity contribution in [3.05, 3.63) is 32.5 Å². The van der Waals surface area contributed by atoms with Crippen molar-refractivity contribution < 1.29 is 9.31 Å². The summed E-state index contributed by atoms with van der Waals surface area (Å²) in [5.74, 6) is -0.635. The van der Waals surface area contributed by atoms with Crippen LogP contribution in [0.4, 0.5) is 15.8 Å². The molecule has 1 aromatic rings. The molecule has 0 atom stereocenters. The van der Waals surface area contributed by atoms with Gasteiger partial charge in [-0.2, -0.15) is 0 Å². The van der Waals surface area contributed by atoms with Crippen LogP contribution in [0.5, 0.6) is 0 Å². The van der Waals surface area contributed by atoms with Gasteiger partial charge in [0.2, 0.25) is 0 Å². The monoisotopic (exact) mass is 346 g/mol. The molecule has 1 aliphatic rings. The van der Waals surface area contributed by atoms with E-state index >= 15 is 0 Å². The Morgan fingerprint density at radius 3 is 2.80 bits per heavy atom. The van der Waals surface area contributed by atoms with Crippen molar-refractivity contribution in [3.8, 4) is 0 Å². The Morgan fingerprint density at radius 2 is 2.15 bits per heavy atom. The second-order valence-corrected chi connectivity index (χ2v) is 5.41. The number of nitrogens with zero attached hydrogens (tertiary/aromatic N) is 2. The van der Waals surface area contributed by atoms with Crippen LogP contribution in [0.15, 0.2) is 16.6 Å². The molecular weight excluding hydrogens is 331 g/mol. The van der Waals surface area contributed by atoms with Gasteiger partial charge < -0.3 is 10.6 Å². The van der Waals surface area contributed by atoms with Gasteiger partial charge in [-0.3, -0.25) is 15.0 Å². The van der Waals surface area contributed by atoms with Crippen LogP contribution in [-0.2, 0) is 0 Å². The Hall–Kier alpha value is -1.25. The summed E-state index contributed by atoms with van der Waals surface area (Å²) in [4.78, 5) is 12.6. The molecular formula is C12H16BrFN4O2. The molecule has 0 aliphatic carbocycles. The molecule has 0 saturated carbocycles. The highest BCUT2D eigenvalue weighted by atomic mass is 79.9. The fourth-order valence-corrected chi connectivity index (χ4v) is 2.46. The maximum atomic E-state index is 13.3. The van der Waals surface area contributed by atoms with Crippen LogP contribution >= 0.6 is 15.9 Å². The Kier molecular flexibility index (Phi) is 5.27. The number of nitro benzene ring substituents is 1. The molecule has 8 heteroatoms. The summed E-state index contributed by atoms with van der Waals surface area (Å²) in [6, 6.07) is 2.34. The molecule has 0 bridgehead atoms. The van der Waals surface area contributed by atoms with Crippen molar-refractivity contribution in [2.45, 2.75) is 0 Å². The summed E-state index contributed by atoms with van der Waals surface area (Å²) in [6.07, 6.45) is 0. The summed E-state index contributed by atoms with van der Waals surface area (Å²) < 4.78 is 13.6. The molecule has 0 aromatic heterocycles. The van der Waals surface area contributed by atoms with E-state index in [0.717, 1.165) is 38.8 Å². The molecule has 1 aliphatic heterocycles. The van der Waals surface area contributed by atoms with Gasteiger partial charge in [0.05, 0.1) is 15.5 Å². The number of nitro groups is 1. The third-order valence-electron chi connectivity index (χ3n) is 3.19. The van der Waals surface area contributed by atoms with Crippen molar-refractivity contribution in [2.24, 2.45) is 0 Å². The van der Waals surface area contributed by atoms with Crippen molar-refractivity contribution in [1.29, 1.82) is 0 Å². The molecule has 1 fully saturated rings. The van der Waals surface area contributed by atoms with Crippen LogP contribution in [0.25, 0.3) is 0 Å². The first-order valence-corrected chi connectivity index (χ1v) is 7.17. The number of hydrogen-bond donors (Lipinski definition) is 2. The molecule has 2 rings (SSSR count). The van der Waals surface area contributed by atoms with Gasteiger partial charge in [-0.05, 0) is 22.0 Å². The predicted octanol–water partition coefficient (Wildman–Crippen LogP) is 1.81. The molecule has 0 spiro atoms. The summed E-state index contributed by atoms with van der Waals surface area (Å²) in [5.41, 5.74) is 0.0874. The predicted molar refractivity (Wildman–Crippen MR) is 78.6 cm³/mol. The smallest absolute Gasteiger partial charge is 0.295 e. The lowest BCUT2D eigenvalue weighted by Gasteiger charge is -2.27. The molecule has 1 aromatic carbocycles. The van der Waals surface area contributed by atoms with E-state index in [2.05, 4.69) is 31.5 Å². The lowest BCUT2D eigenvalue weighted by Crippen LogP contribution is -2.45. The first-order chi connectivity index (χ1) is 9.58. The van der Waals surface area contributed by atoms with Crippen LogP contribution in [0.2, 0.25) is 0 Å². The number of benzene rings is 1. The molecule has 110 valence electrons. The van der Waals surface area contributed by atoms with Gasteiger partial charge in [0, 0.05) is 39.3 Å². The van der Waals surface area contributed by atoms with Gasteiger partial charge in [0.1, 0.15) is 11.5 Å². The Labute approximate surface area is 124 Å². The van der Waals surface area contributed by atoms with Gasteiger partial charge in [-0.15, -0.1) is 0 Å². The highest BCUT2D eigenvalue weighted by Crippen LogP contribution is 2.30. The van der Waals surface area contributed by atoms with Gasteiger partial charge in [0.25, 0.3) is 5.69 Å². The standard InChI is InChI=1S/C12H16BrFN4O2/c13-9-7-11(12(18(19)20)8-10(9)14)16-3-6-17-4-1-15-2-5-17/h7-8,15-16H,1-6H2. The van der Waals surface area contributed by atoms with E-state index in [0.29, 0.717) is 12.2 Å². The minimum absolute atomic E-state index is 0.216. The van der Waals surface area contributed by atoms with E-state index in [1.807, 2.05) is 0 Å². The maximum Gasteiger partial charge on any atom is 0.295 e. The van der Waals surface area contributed by atoms with E-state index in [1.165, 1.54) is 6.07 Å². The Morgan fingerprint density at radius 1 is 1.45 bits per heavy atom. The lowest BCUT2D eigenvalue weighted by molar-refractivity contribution is -0.384. The number of anilines is 1. The zero-order valence-electron chi connectivity index (χ0n) is 10.9. The minimum Gasteiger partial charge on any atom is -0.378 e. The van der Waals surface area contributed by atoms with E-state index in [1.54, 1.807) is 0 Å².